The Morgan fingerprint density at radius 2 is 2.36 bits per heavy atom. The molecule has 0 saturated carbocycles. The molecule has 1 aromatic heterocycles. The first-order chi connectivity index (χ1) is 6.65. The summed E-state index contributed by atoms with van der Waals surface area (Å²) in [4.78, 5) is 11.3. The molecule has 1 amide bonds. The summed E-state index contributed by atoms with van der Waals surface area (Å²) >= 11 is 6.83. The Morgan fingerprint density at radius 3 is 2.93 bits per heavy atom. The Balaban J connectivity index is 2.69. The number of thiophene rings is 1. The maximum absolute atomic E-state index is 10.9. The molecule has 0 aliphatic rings. The van der Waals surface area contributed by atoms with Gasteiger partial charge in [0, 0.05) is 13.2 Å². The van der Waals surface area contributed by atoms with Crippen LogP contribution in [0, 0.1) is 0 Å². The number of amides is 1. The van der Waals surface area contributed by atoms with E-state index in [0.717, 1.165) is 11.3 Å². The van der Waals surface area contributed by atoms with Crippen molar-refractivity contribution < 1.29 is 14.3 Å². The summed E-state index contributed by atoms with van der Waals surface area (Å²) in [5.41, 5.74) is 5.13. The van der Waals surface area contributed by atoms with Crippen molar-refractivity contribution in [3.05, 3.63) is 15.3 Å². The zero-order chi connectivity index (χ0) is 10.6. The standard InChI is InChI=1S/C8H10ClNO3S/c1-12-2-3-13-5-4-6(9)14-7(5)8(10)11/h4H,2-3H2,1H3,(H2,10,11). The van der Waals surface area contributed by atoms with Gasteiger partial charge in [-0.1, -0.05) is 11.6 Å². The monoisotopic (exact) mass is 235 g/mol. The van der Waals surface area contributed by atoms with Crippen molar-refractivity contribution in [1.82, 2.24) is 0 Å². The Hall–Kier alpha value is -0.780. The first-order valence-electron chi connectivity index (χ1n) is 3.86. The number of methoxy groups -OCH3 is 1. The molecular formula is C8H10ClNO3S. The average Bonchev–Trinajstić information content (AvgIpc) is 2.47. The minimum atomic E-state index is -0.533. The van der Waals surface area contributed by atoms with Crippen molar-refractivity contribution in [2.45, 2.75) is 0 Å². The van der Waals surface area contributed by atoms with Crippen LogP contribution in [-0.4, -0.2) is 26.2 Å². The molecule has 6 heteroatoms. The third-order valence-electron chi connectivity index (χ3n) is 1.44. The van der Waals surface area contributed by atoms with Gasteiger partial charge in [0.15, 0.2) is 0 Å². The summed E-state index contributed by atoms with van der Waals surface area (Å²) in [5, 5.41) is 0. The van der Waals surface area contributed by atoms with E-state index in [4.69, 9.17) is 26.8 Å². The molecule has 1 aromatic rings. The second-order valence-electron chi connectivity index (χ2n) is 2.45. The predicted octanol–water partition coefficient (Wildman–Crippen LogP) is 1.53. The summed E-state index contributed by atoms with van der Waals surface area (Å²) in [6.45, 7) is 0.815. The zero-order valence-corrected chi connectivity index (χ0v) is 9.15. The second kappa shape index (κ2) is 5.19. The highest BCUT2D eigenvalue weighted by atomic mass is 35.5. The number of hydrogen-bond acceptors (Lipinski definition) is 4. The van der Waals surface area contributed by atoms with Gasteiger partial charge in [-0.3, -0.25) is 4.79 Å². The first-order valence-corrected chi connectivity index (χ1v) is 5.05. The second-order valence-corrected chi connectivity index (χ2v) is 4.13. The summed E-state index contributed by atoms with van der Waals surface area (Å²) in [6.07, 6.45) is 0. The third kappa shape index (κ3) is 2.87. The Kier molecular flexibility index (Phi) is 4.19. The van der Waals surface area contributed by atoms with Crippen LogP contribution in [0.25, 0.3) is 0 Å². The molecule has 0 radical (unpaired) electrons. The number of ether oxygens (including phenoxy) is 2. The van der Waals surface area contributed by atoms with Crippen LogP contribution in [0.4, 0.5) is 0 Å². The topological polar surface area (TPSA) is 61.6 Å². The summed E-state index contributed by atoms with van der Waals surface area (Å²) in [6, 6.07) is 1.57. The fraction of sp³-hybridized carbons (Fsp3) is 0.375. The van der Waals surface area contributed by atoms with E-state index in [-0.39, 0.29) is 0 Å². The van der Waals surface area contributed by atoms with Gasteiger partial charge in [0.1, 0.15) is 17.2 Å². The predicted molar refractivity (Wildman–Crippen MR) is 55.2 cm³/mol. The molecule has 0 aliphatic carbocycles. The summed E-state index contributed by atoms with van der Waals surface area (Å²) < 4.78 is 10.5. The maximum atomic E-state index is 10.9. The Labute approximate surface area is 90.6 Å². The van der Waals surface area contributed by atoms with E-state index in [1.807, 2.05) is 0 Å². The van der Waals surface area contributed by atoms with Gasteiger partial charge in [-0.15, -0.1) is 11.3 Å². The van der Waals surface area contributed by atoms with Crippen molar-refractivity contribution in [1.29, 1.82) is 0 Å². The van der Waals surface area contributed by atoms with Crippen LogP contribution in [0.3, 0.4) is 0 Å². The highest BCUT2D eigenvalue weighted by molar-refractivity contribution is 7.18. The van der Waals surface area contributed by atoms with Crippen molar-refractivity contribution in [3.63, 3.8) is 0 Å². The molecule has 0 fully saturated rings. The number of carbonyl (C=O) groups excluding carboxylic acids is 1. The molecule has 2 N–H and O–H groups in total. The van der Waals surface area contributed by atoms with E-state index in [1.165, 1.54) is 0 Å². The molecule has 1 heterocycles. The molecule has 14 heavy (non-hydrogen) atoms. The minimum Gasteiger partial charge on any atom is -0.489 e. The van der Waals surface area contributed by atoms with Crippen LogP contribution in [0.1, 0.15) is 9.67 Å². The number of rotatable bonds is 5. The van der Waals surface area contributed by atoms with Crippen molar-refractivity contribution in [3.8, 4) is 5.75 Å². The van der Waals surface area contributed by atoms with Gasteiger partial charge in [0.05, 0.1) is 10.9 Å². The third-order valence-corrected chi connectivity index (χ3v) is 2.70. The lowest BCUT2D eigenvalue weighted by molar-refractivity contribution is 0.0997. The van der Waals surface area contributed by atoms with Crippen molar-refractivity contribution >= 4 is 28.8 Å². The summed E-state index contributed by atoms with van der Waals surface area (Å²) in [5.74, 6) is -0.112. The highest BCUT2D eigenvalue weighted by Gasteiger charge is 2.13. The van der Waals surface area contributed by atoms with E-state index in [1.54, 1.807) is 13.2 Å². The fourth-order valence-corrected chi connectivity index (χ4v) is 1.87. The molecule has 0 spiro atoms. The highest BCUT2D eigenvalue weighted by Crippen LogP contribution is 2.32. The molecule has 4 nitrogen and oxygen atoms in total. The Bertz CT molecular complexity index is 326. The molecule has 0 aromatic carbocycles. The lowest BCUT2D eigenvalue weighted by atomic mass is 10.4. The number of halogens is 1. The zero-order valence-electron chi connectivity index (χ0n) is 7.58. The van der Waals surface area contributed by atoms with Crippen molar-refractivity contribution in [2.75, 3.05) is 20.3 Å². The van der Waals surface area contributed by atoms with Crippen LogP contribution >= 0.6 is 22.9 Å². The van der Waals surface area contributed by atoms with Gasteiger partial charge in [0.2, 0.25) is 0 Å². The SMILES string of the molecule is COCCOc1cc(Cl)sc1C(N)=O. The van der Waals surface area contributed by atoms with Gasteiger partial charge in [0.25, 0.3) is 5.91 Å². The van der Waals surface area contributed by atoms with Crippen LogP contribution < -0.4 is 10.5 Å². The average molecular weight is 236 g/mol. The molecule has 0 atom stereocenters. The van der Waals surface area contributed by atoms with Gasteiger partial charge in [-0.25, -0.2) is 0 Å². The number of hydrogen-bond donors (Lipinski definition) is 1. The normalized spacial score (nSPS) is 10.1. The molecular weight excluding hydrogens is 226 g/mol. The van der Waals surface area contributed by atoms with Crippen LogP contribution in [0.15, 0.2) is 6.07 Å². The van der Waals surface area contributed by atoms with E-state index in [2.05, 4.69) is 0 Å². The Morgan fingerprint density at radius 1 is 1.64 bits per heavy atom. The molecule has 0 aliphatic heterocycles. The lowest BCUT2D eigenvalue weighted by Crippen LogP contribution is -2.12. The quantitative estimate of drug-likeness (QED) is 0.788. The molecule has 0 bridgehead atoms. The number of nitrogens with two attached hydrogens (primary N) is 1. The smallest absolute Gasteiger partial charge is 0.262 e. The number of carbonyl (C=O) groups is 1. The molecule has 1 rings (SSSR count). The van der Waals surface area contributed by atoms with E-state index >= 15 is 0 Å². The first kappa shape index (κ1) is 11.3. The summed E-state index contributed by atoms with van der Waals surface area (Å²) in [7, 11) is 1.57. The van der Waals surface area contributed by atoms with E-state index < -0.39 is 5.91 Å². The van der Waals surface area contributed by atoms with Gasteiger partial charge >= 0.3 is 0 Å². The fourth-order valence-electron chi connectivity index (χ4n) is 0.860. The van der Waals surface area contributed by atoms with Crippen molar-refractivity contribution in [2.24, 2.45) is 5.73 Å². The van der Waals surface area contributed by atoms with Gasteiger partial charge in [-0.05, 0) is 0 Å². The number of primary amides is 1. The maximum Gasteiger partial charge on any atom is 0.262 e. The van der Waals surface area contributed by atoms with Crippen LogP contribution in [0.5, 0.6) is 5.75 Å². The molecule has 0 saturated heterocycles. The van der Waals surface area contributed by atoms with E-state index in [0.29, 0.717) is 28.2 Å². The van der Waals surface area contributed by atoms with Crippen LogP contribution in [0.2, 0.25) is 4.34 Å². The minimum absolute atomic E-state index is 0.339. The molecule has 78 valence electrons. The largest absolute Gasteiger partial charge is 0.489 e. The van der Waals surface area contributed by atoms with E-state index in [9.17, 15) is 4.79 Å². The van der Waals surface area contributed by atoms with Gasteiger partial charge < -0.3 is 15.2 Å². The molecule has 0 unspecified atom stereocenters. The van der Waals surface area contributed by atoms with Gasteiger partial charge in [-0.2, -0.15) is 0 Å². The lowest BCUT2D eigenvalue weighted by Gasteiger charge is -2.03. The van der Waals surface area contributed by atoms with Crippen LogP contribution in [-0.2, 0) is 4.74 Å².